The molecular weight excluding hydrogens is 254 g/mol. The Balaban J connectivity index is 2.79. The standard InChI is InChI=1S/C15H21N3O2/c1-6-9(2)18-13-11(8-16-18)10(14(19)20)7-12(17-13)15(3,4)5/h7-9H,6H2,1-5H3,(H,19,20). The van der Waals surface area contributed by atoms with Crippen molar-refractivity contribution in [2.24, 2.45) is 0 Å². The number of hydrogen-bond acceptors (Lipinski definition) is 3. The molecule has 0 fully saturated rings. The van der Waals surface area contributed by atoms with Gasteiger partial charge < -0.3 is 5.11 Å². The molecule has 1 N–H and O–H groups in total. The zero-order chi connectivity index (χ0) is 15.1. The van der Waals surface area contributed by atoms with Gasteiger partial charge in [-0.15, -0.1) is 0 Å². The predicted octanol–water partition coefficient (Wildman–Crippen LogP) is 3.40. The van der Waals surface area contributed by atoms with Gasteiger partial charge in [0, 0.05) is 11.1 Å². The fraction of sp³-hybridized carbons (Fsp3) is 0.533. The summed E-state index contributed by atoms with van der Waals surface area (Å²) in [5, 5.41) is 14.3. The number of fused-ring (bicyclic) bond motifs is 1. The number of carbonyl (C=O) groups is 1. The average molecular weight is 275 g/mol. The van der Waals surface area contributed by atoms with E-state index in [0.717, 1.165) is 12.1 Å². The van der Waals surface area contributed by atoms with E-state index in [1.807, 2.05) is 25.5 Å². The predicted molar refractivity (Wildman–Crippen MR) is 78.2 cm³/mol. The number of carboxylic acids is 1. The van der Waals surface area contributed by atoms with Crippen molar-refractivity contribution >= 4 is 17.0 Å². The summed E-state index contributed by atoms with van der Waals surface area (Å²) in [5.41, 5.74) is 1.49. The molecule has 5 nitrogen and oxygen atoms in total. The molecule has 0 spiro atoms. The lowest BCUT2D eigenvalue weighted by Gasteiger charge is -2.19. The molecule has 2 rings (SSSR count). The van der Waals surface area contributed by atoms with Gasteiger partial charge in [0.05, 0.1) is 23.2 Å². The minimum Gasteiger partial charge on any atom is -0.478 e. The van der Waals surface area contributed by atoms with Crippen LogP contribution in [0.2, 0.25) is 0 Å². The second-order valence-electron chi connectivity index (χ2n) is 6.19. The molecule has 20 heavy (non-hydrogen) atoms. The molecule has 0 bridgehead atoms. The van der Waals surface area contributed by atoms with Crippen molar-refractivity contribution < 1.29 is 9.90 Å². The smallest absolute Gasteiger partial charge is 0.336 e. The maximum atomic E-state index is 11.5. The lowest BCUT2D eigenvalue weighted by atomic mass is 9.90. The first-order valence-electron chi connectivity index (χ1n) is 6.87. The van der Waals surface area contributed by atoms with Gasteiger partial charge in [-0.25, -0.2) is 14.5 Å². The molecule has 0 saturated heterocycles. The molecule has 2 aromatic rings. The van der Waals surface area contributed by atoms with E-state index in [4.69, 9.17) is 0 Å². The van der Waals surface area contributed by atoms with Gasteiger partial charge in [0.15, 0.2) is 5.65 Å². The summed E-state index contributed by atoms with van der Waals surface area (Å²) in [4.78, 5) is 16.1. The number of aromatic nitrogens is 3. The maximum Gasteiger partial charge on any atom is 0.336 e. The van der Waals surface area contributed by atoms with Crippen LogP contribution in [-0.4, -0.2) is 25.8 Å². The summed E-state index contributed by atoms with van der Waals surface area (Å²) >= 11 is 0. The average Bonchev–Trinajstić information content (AvgIpc) is 2.79. The second kappa shape index (κ2) is 4.89. The Hall–Kier alpha value is -1.91. The monoisotopic (exact) mass is 275 g/mol. The van der Waals surface area contributed by atoms with Crippen LogP contribution in [0.25, 0.3) is 11.0 Å². The molecule has 1 unspecified atom stereocenters. The van der Waals surface area contributed by atoms with E-state index >= 15 is 0 Å². The van der Waals surface area contributed by atoms with E-state index < -0.39 is 5.97 Å². The van der Waals surface area contributed by atoms with Crippen LogP contribution in [0.4, 0.5) is 0 Å². The van der Waals surface area contributed by atoms with Crippen molar-refractivity contribution in [3.8, 4) is 0 Å². The SMILES string of the molecule is CCC(C)n1ncc2c(C(=O)O)cc(C(C)(C)C)nc21. The van der Waals surface area contributed by atoms with E-state index in [9.17, 15) is 9.90 Å². The summed E-state index contributed by atoms with van der Waals surface area (Å²) in [7, 11) is 0. The molecule has 0 aliphatic carbocycles. The lowest BCUT2D eigenvalue weighted by Crippen LogP contribution is -2.16. The number of hydrogen-bond donors (Lipinski definition) is 1. The van der Waals surface area contributed by atoms with Crippen LogP contribution in [0.15, 0.2) is 12.3 Å². The van der Waals surface area contributed by atoms with E-state index in [1.165, 1.54) is 0 Å². The maximum absolute atomic E-state index is 11.5. The first-order chi connectivity index (χ1) is 9.25. The summed E-state index contributed by atoms with van der Waals surface area (Å²) in [6.45, 7) is 10.2. The lowest BCUT2D eigenvalue weighted by molar-refractivity contribution is 0.0698. The zero-order valence-corrected chi connectivity index (χ0v) is 12.6. The quantitative estimate of drug-likeness (QED) is 0.932. The Labute approximate surface area is 118 Å². The van der Waals surface area contributed by atoms with Gasteiger partial charge in [-0.3, -0.25) is 0 Å². The molecule has 5 heteroatoms. The van der Waals surface area contributed by atoms with Gasteiger partial charge in [0.25, 0.3) is 0 Å². The molecule has 0 aromatic carbocycles. The Bertz CT molecular complexity index is 653. The van der Waals surface area contributed by atoms with Crippen LogP contribution in [0.1, 0.15) is 63.1 Å². The number of carboxylic acid groups (broad SMARTS) is 1. The second-order valence-corrected chi connectivity index (χ2v) is 6.19. The highest BCUT2D eigenvalue weighted by Gasteiger charge is 2.23. The fourth-order valence-electron chi connectivity index (χ4n) is 2.07. The Morgan fingerprint density at radius 1 is 1.45 bits per heavy atom. The highest BCUT2D eigenvalue weighted by atomic mass is 16.4. The van der Waals surface area contributed by atoms with E-state index in [2.05, 4.69) is 23.9 Å². The largest absolute Gasteiger partial charge is 0.478 e. The van der Waals surface area contributed by atoms with E-state index in [-0.39, 0.29) is 17.0 Å². The van der Waals surface area contributed by atoms with Gasteiger partial charge in [-0.1, -0.05) is 27.7 Å². The van der Waals surface area contributed by atoms with Crippen LogP contribution in [0.3, 0.4) is 0 Å². The molecule has 0 aliphatic heterocycles. The fourth-order valence-corrected chi connectivity index (χ4v) is 2.07. The van der Waals surface area contributed by atoms with Crippen LogP contribution in [-0.2, 0) is 5.41 Å². The van der Waals surface area contributed by atoms with Crippen molar-refractivity contribution in [2.45, 2.75) is 52.5 Å². The molecule has 2 heterocycles. The van der Waals surface area contributed by atoms with Gasteiger partial charge in [-0.05, 0) is 19.4 Å². The van der Waals surface area contributed by atoms with Gasteiger partial charge in [-0.2, -0.15) is 5.10 Å². The molecule has 0 amide bonds. The molecule has 0 saturated carbocycles. The number of pyridine rings is 1. The minimum atomic E-state index is -0.938. The van der Waals surface area contributed by atoms with Crippen LogP contribution in [0, 0.1) is 0 Å². The van der Waals surface area contributed by atoms with Gasteiger partial charge >= 0.3 is 5.97 Å². The molecule has 0 radical (unpaired) electrons. The van der Waals surface area contributed by atoms with Crippen molar-refractivity contribution in [3.63, 3.8) is 0 Å². The summed E-state index contributed by atoms with van der Waals surface area (Å²) in [5.74, 6) is -0.938. The highest BCUT2D eigenvalue weighted by Crippen LogP contribution is 2.27. The topological polar surface area (TPSA) is 68.0 Å². The molecule has 2 aromatic heterocycles. The third-order valence-electron chi connectivity index (χ3n) is 3.57. The summed E-state index contributed by atoms with van der Waals surface area (Å²) in [6.07, 6.45) is 2.52. The summed E-state index contributed by atoms with van der Waals surface area (Å²) in [6, 6.07) is 1.85. The van der Waals surface area contributed by atoms with Gasteiger partial charge in [0.2, 0.25) is 0 Å². The van der Waals surface area contributed by atoms with Crippen molar-refractivity contribution in [3.05, 3.63) is 23.5 Å². The van der Waals surface area contributed by atoms with Gasteiger partial charge in [0.1, 0.15) is 0 Å². The number of nitrogens with zero attached hydrogens (tertiary/aromatic N) is 3. The van der Waals surface area contributed by atoms with Crippen LogP contribution < -0.4 is 0 Å². The zero-order valence-electron chi connectivity index (χ0n) is 12.6. The minimum absolute atomic E-state index is 0.192. The van der Waals surface area contributed by atoms with E-state index in [1.54, 1.807) is 12.3 Å². The molecule has 108 valence electrons. The number of aromatic carboxylic acids is 1. The van der Waals surface area contributed by atoms with Crippen molar-refractivity contribution in [1.82, 2.24) is 14.8 Å². The van der Waals surface area contributed by atoms with Crippen LogP contribution >= 0.6 is 0 Å². The third-order valence-corrected chi connectivity index (χ3v) is 3.57. The third kappa shape index (κ3) is 2.40. The Kier molecular flexibility index (Phi) is 3.54. The van der Waals surface area contributed by atoms with Crippen molar-refractivity contribution in [1.29, 1.82) is 0 Å². The molecular formula is C15H21N3O2. The highest BCUT2D eigenvalue weighted by molar-refractivity contribution is 6.01. The first-order valence-corrected chi connectivity index (χ1v) is 6.87. The Morgan fingerprint density at radius 3 is 2.60 bits per heavy atom. The molecule has 0 aliphatic rings. The number of rotatable bonds is 3. The van der Waals surface area contributed by atoms with Crippen LogP contribution in [0.5, 0.6) is 0 Å². The molecule has 1 atom stereocenters. The summed E-state index contributed by atoms with van der Waals surface area (Å²) < 4.78 is 1.82. The normalized spacial score (nSPS) is 13.7. The van der Waals surface area contributed by atoms with E-state index in [0.29, 0.717) is 11.0 Å². The van der Waals surface area contributed by atoms with Crippen molar-refractivity contribution in [2.75, 3.05) is 0 Å². The Morgan fingerprint density at radius 2 is 2.10 bits per heavy atom. The first kappa shape index (κ1) is 14.5.